The first kappa shape index (κ1) is 17.5. The number of amides is 2. The Kier molecular flexibility index (Phi) is 3.74. The molecule has 3 aromatic rings. The lowest BCUT2D eigenvalue weighted by molar-refractivity contribution is -0.144. The number of carbonyl (C=O) groups is 2. The predicted octanol–water partition coefficient (Wildman–Crippen LogP) is 4.33. The number of anilines is 2. The molecule has 0 bridgehead atoms. The molecule has 2 atom stereocenters. The maximum atomic E-state index is 13.5. The standard InChI is InChI=1S/C24H20N2O3/c1-24-17-12-6-8-14-19(17)29-20-15-9-7-13-18(20)26(24)23(28)21(24)22(27)25(2)16-10-4-3-5-11-16/h3-15,21H,1-2H3/t21-,24-/m1/s1. The Morgan fingerprint density at radius 3 is 2.31 bits per heavy atom. The van der Waals surface area contributed by atoms with Crippen LogP contribution >= 0.6 is 0 Å². The minimum absolute atomic E-state index is 0.215. The van der Waals surface area contributed by atoms with Crippen LogP contribution in [0.5, 0.6) is 11.5 Å². The highest BCUT2D eigenvalue weighted by molar-refractivity contribution is 6.20. The van der Waals surface area contributed by atoms with Crippen molar-refractivity contribution in [1.29, 1.82) is 0 Å². The van der Waals surface area contributed by atoms with E-state index in [1.165, 1.54) is 0 Å². The molecule has 0 unspecified atom stereocenters. The monoisotopic (exact) mass is 384 g/mol. The number of nitrogens with zero attached hydrogens (tertiary/aromatic N) is 2. The molecule has 0 radical (unpaired) electrons. The van der Waals surface area contributed by atoms with E-state index in [4.69, 9.17) is 4.74 Å². The Morgan fingerprint density at radius 2 is 1.55 bits per heavy atom. The van der Waals surface area contributed by atoms with Gasteiger partial charge in [-0.2, -0.15) is 0 Å². The Balaban J connectivity index is 1.64. The zero-order valence-corrected chi connectivity index (χ0v) is 16.2. The minimum atomic E-state index is -0.833. The smallest absolute Gasteiger partial charge is 0.243 e. The van der Waals surface area contributed by atoms with E-state index in [1.807, 2.05) is 85.8 Å². The SMILES string of the molecule is CN(C(=O)[C@@H]1C(=O)N2c3ccccc3Oc3ccccc3[C@]12C)c1ccccc1. The minimum Gasteiger partial charge on any atom is -0.455 e. The van der Waals surface area contributed by atoms with E-state index in [0.29, 0.717) is 17.2 Å². The number of hydrogen-bond donors (Lipinski definition) is 0. The van der Waals surface area contributed by atoms with Gasteiger partial charge in [0.05, 0.1) is 11.2 Å². The maximum Gasteiger partial charge on any atom is 0.243 e. The van der Waals surface area contributed by atoms with Crippen molar-refractivity contribution in [3.63, 3.8) is 0 Å². The van der Waals surface area contributed by atoms with Crippen molar-refractivity contribution in [3.05, 3.63) is 84.4 Å². The zero-order chi connectivity index (χ0) is 20.2. The van der Waals surface area contributed by atoms with Crippen LogP contribution in [0.1, 0.15) is 12.5 Å². The van der Waals surface area contributed by atoms with Crippen LogP contribution in [-0.2, 0) is 15.1 Å². The highest BCUT2D eigenvalue weighted by atomic mass is 16.5. The van der Waals surface area contributed by atoms with Crippen LogP contribution in [0, 0.1) is 5.92 Å². The summed E-state index contributed by atoms with van der Waals surface area (Å²) in [7, 11) is 1.71. The third-order valence-electron chi connectivity index (χ3n) is 5.97. The first-order valence-corrected chi connectivity index (χ1v) is 9.56. The summed E-state index contributed by atoms with van der Waals surface area (Å²) in [5, 5.41) is 0. The number of β-lactam (4-membered cyclic amide) rings is 1. The van der Waals surface area contributed by atoms with Crippen molar-refractivity contribution in [2.24, 2.45) is 5.92 Å². The van der Waals surface area contributed by atoms with Gasteiger partial charge < -0.3 is 9.64 Å². The molecule has 2 heterocycles. The lowest BCUT2D eigenvalue weighted by atomic mass is 9.68. The average molecular weight is 384 g/mol. The zero-order valence-electron chi connectivity index (χ0n) is 16.2. The summed E-state index contributed by atoms with van der Waals surface area (Å²) in [6.07, 6.45) is 0. The summed E-state index contributed by atoms with van der Waals surface area (Å²) in [6.45, 7) is 1.94. The van der Waals surface area contributed by atoms with E-state index in [1.54, 1.807) is 16.8 Å². The molecule has 2 aliphatic heterocycles. The fraction of sp³-hybridized carbons (Fsp3) is 0.167. The number of fused-ring (bicyclic) bond motifs is 5. The molecule has 5 nitrogen and oxygen atoms in total. The third kappa shape index (κ3) is 2.34. The van der Waals surface area contributed by atoms with Gasteiger partial charge in [0.15, 0.2) is 5.75 Å². The number of ether oxygens (including phenoxy) is 1. The normalized spacial score (nSPS) is 21.7. The van der Waals surface area contributed by atoms with Gasteiger partial charge in [-0.25, -0.2) is 0 Å². The molecule has 0 spiro atoms. The maximum absolute atomic E-state index is 13.5. The molecule has 144 valence electrons. The van der Waals surface area contributed by atoms with Crippen molar-refractivity contribution in [1.82, 2.24) is 0 Å². The molecular weight excluding hydrogens is 364 g/mol. The summed E-state index contributed by atoms with van der Waals surface area (Å²) in [6, 6.07) is 24.4. The molecule has 1 saturated heterocycles. The summed E-state index contributed by atoms with van der Waals surface area (Å²) in [5.74, 6) is 0.00253. The number of benzene rings is 3. The van der Waals surface area contributed by atoms with E-state index < -0.39 is 11.5 Å². The van der Waals surface area contributed by atoms with E-state index in [9.17, 15) is 9.59 Å². The van der Waals surface area contributed by atoms with Gasteiger partial charge in [-0.3, -0.25) is 14.5 Å². The van der Waals surface area contributed by atoms with Crippen molar-refractivity contribution < 1.29 is 14.3 Å². The molecule has 0 saturated carbocycles. The van der Waals surface area contributed by atoms with Gasteiger partial charge in [0.2, 0.25) is 11.8 Å². The quantitative estimate of drug-likeness (QED) is 0.488. The second-order valence-corrected chi connectivity index (χ2v) is 7.55. The largest absolute Gasteiger partial charge is 0.455 e. The van der Waals surface area contributed by atoms with Crippen molar-refractivity contribution >= 4 is 23.2 Å². The summed E-state index contributed by atoms with van der Waals surface area (Å²) in [4.78, 5) is 30.1. The van der Waals surface area contributed by atoms with E-state index >= 15 is 0 Å². The fourth-order valence-electron chi connectivity index (χ4n) is 4.45. The molecule has 5 rings (SSSR count). The molecule has 0 N–H and O–H groups in total. The highest BCUT2D eigenvalue weighted by Crippen LogP contribution is 2.56. The Labute approximate surface area is 169 Å². The molecule has 0 aliphatic carbocycles. The predicted molar refractivity (Wildman–Crippen MR) is 111 cm³/mol. The first-order valence-electron chi connectivity index (χ1n) is 9.56. The fourth-order valence-corrected chi connectivity index (χ4v) is 4.45. The van der Waals surface area contributed by atoms with Crippen LogP contribution in [0.2, 0.25) is 0 Å². The molecule has 0 aromatic heterocycles. The number of hydrogen-bond acceptors (Lipinski definition) is 3. The Hall–Kier alpha value is -3.60. The first-order chi connectivity index (χ1) is 14.0. The van der Waals surface area contributed by atoms with Crippen LogP contribution in [0.4, 0.5) is 11.4 Å². The van der Waals surface area contributed by atoms with Gasteiger partial charge in [0, 0.05) is 18.3 Å². The Morgan fingerprint density at radius 1 is 0.931 bits per heavy atom. The second-order valence-electron chi connectivity index (χ2n) is 7.55. The third-order valence-corrected chi connectivity index (χ3v) is 5.97. The lowest BCUT2D eigenvalue weighted by Gasteiger charge is -2.54. The molecule has 29 heavy (non-hydrogen) atoms. The van der Waals surface area contributed by atoms with Crippen LogP contribution < -0.4 is 14.5 Å². The van der Waals surface area contributed by atoms with Gasteiger partial charge in [-0.15, -0.1) is 0 Å². The molecular formula is C24H20N2O3. The number of carbonyl (C=O) groups excluding carboxylic acids is 2. The van der Waals surface area contributed by atoms with Crippen molar-refractivity contribution in [2.45, 2.75) is 12.5 Å². The number of rotatable bonds is 2. The highest BCUT2D eigenvalue weighted by Gasteiger charge is 2.64. The lowest BCUT2D eigenvalue weighted by Crippen LogP contribution is -2.71. The van der Waals surface area contributed by atoms with Gasteiger partial charge in [0.1, 0.15) is 11.7 Å². The summed E-state index contributed by atoms with van der Waals surface area (Å²) in [5.41, 5.74) is 1.43. The van der Waals surface area contributed by atoms with Crippen molar-refractivity contribution in [2.75, 3.05) is 16.8 Å². The van der Waals surface area contributed by atoms with Crippen molar-refractivity contribution in [3.8, 4) is 11.5 Å². The average Bonchev–Trinajstić information content (AvgIpc) is 2.84. The molecule has 1 fully saturated rings. The van der Waals surface area contributed by atoms with E-state index in [0.717, 1.165) is 11.3 Å². The Bertz CT molecular complexity index is 1130. The van der Waals surface area contributed by atoms with Gasteiger partial charge in [0.25, 0.3) is 0 Å². The summed E-state index contributed by atoms with van der Waals surface area (Å²) < 4.78 is 6.15. The molecule has 2 amide bonds. The number of para-hydroxylation sites is 4. The molecule has 3 aromatic carbocycles. The van der Waals surface area contributed by atoms with E-state index in [-0.39, 0.29) is 11.8 Å². The van der Waals surface area contributed by atoms with Crippen LogP contribution in [-0.4, -0.2) is 18.9 Å². The van der Waals surface area contributed by atoms with Crippen LogP contribution in [0.15, 0.2) is 78.9 Å². The van der Waals surface area contributed by atoms with Gasteiger partial charge in [-0.05, 0) is 37.3 Å². The van der Waals surface area contributed by atoms with Crippen LogP contribution in [0.3, 0.4) is 0 Å². The second kappa shape index (κ2) is 6.21. The molecule has 2 aliphatic rings. The topological polar surface area (TPSA) is 49.9 Å². The summed E-state index contributed by atoms with van der Waals surface area (Å²) >= 11 is 0. The van der Waals surface area contributed by atoms with Gasteiger partial charge in [-0.1, -0.05) is 48.5 Å². The molecule has 5 heteroatoms. The van der Waals surface area contributed by atoms with Gasteiger partial charge >= 0.3 is 0 Å². The van der Waals surface area contributed by atoms with Crippen LogP contribution in [0.25, 0.3) is 0 Å². The van der Waals surface area contributed by atoms with E-state index in [2.05, 4.69) is 0 Å².